The lowest BCUT2D eigenvalue weighted by Gasteiger charge is -2.13. The second-order valence-corrected chi connectivity index (χ2v) is 8.16. The van der Waals surface area contributed by atoms with Gasteiger partial charge in [-0.05, 0) is 34.9 Å². The van der Waals surface area contributed by atoms with Gasteiger partial charge in [0.25, 0.3) is 0 Å². The van der Waals surface area contributed by atoms with Crippen molar-refractivity contribution in [1.29, 1.82) is 0 Å². The molecule has 2 heterocycles. The van der Waals surface area contributed by atoms with Gasteiger partial charge in [0.05, 0.1) is 0 Å². The average Bonchev–Trinajstić information content (AvgIpc) is 3.22. The summed E-state index contributed by atoms with van der Waals surface area (Å²) < 4.78 is 6.13. The van der Waals surface area contributed by atoms with E-state index in [1.165, 1.54) is 5.56 Å². The molecule has 0 spiro atoms. The molecule has 0 bridgehead atoms. The summed E-state index contributed by atoms with van der Waals surface area (Å²) in [6.07, 6.45) is 8.39. The van der Waals surface area contributed by atoms with Crippen LogP contribution in [0.1, 0.15) is 11.5 Å². The molecule has 1 aliphatic carbocycles. The largest absolute Gasteiger partial charge is 0.485 e. The summed E-state index contributed by atoms with van der Waals surface area (Å²) in [5, 5.41) is 0.165. The minimum atomic E-state index is 0.0471. The van der Waals surface area contributed by atoms with Crippen LogP contribution in [0.5, 0.6) is 5.75 Å². The molecule has 3 aromatic carbocycles. The normalized spacial score (nSPS) is 18.2. The van der Waals surface area contributed by atoms with Crippen LogP contribution in [0.4, 0.5) is 0 Å². The Labute approximate surface area is 190 Å². The van der Waals surface area contributed by atoms with E-state index in [-0.39, 0.29) is 17.3 Å². The van der Waals surface area contributed by atoms with Crippen molar-refractivity contribution < 1.29 is 4.74 Å². The summed E-state index contributed by atoms with van der Waals surface area (Å²) in [6, 6.07) is 24.5. The van der Waals surface area contributed by atoms with E-state index in [9.17, 15) is 0 Å². The number of benzene rings is 3. The van der Waals surface area contributed by atoms with Gasteiger partial charge in [0.15, 0.2) is 11.6 Å². The molecule has 4 nitrogen and oxygen atoms in total. The molecule has 0 radical (unpaired) electrons. The standard InChI is InChI=1S/C27H18ClN3O/c28-27-30-25(19-12-10-18(11-13-19)17-6-2-1-3-7-17)29-26(31-27)20-14-15-22-21-8-4-5-9-23(21)32-24(22)16-20/h1-16,21,23H. The molecule has 1 aliphatic heterocycles. The lowest BCUT2D eigenvalue weighted by molar-refractivity contribution is 0.269. The van der Waals surface area contributed by atoms with Gasteiger partial charge in [-0.1, -0.05) is 85.0 Å². The molecule has 5 heteroatoms. The zero-order chi connectivity index (χ0) is 21.5. The number of fused-ring (bicyclic) bond motifs is 3. The Morgan fingerprint density at radius 3 is 2.12 bits per heavy atom. The highest BCUT2D eigenvalue weighted by Gasteiger charge is 2.32. The number of ether oxygens (including phenoxy) is 1. The van der Waals surface area contributed by atoms with Crippen molar-refractivity contribution in [2.24, 2.45) is 0 Å². The molecule has 2 unspecified atom stereocenters. The molecule has 2 atom stereocenters. The van der Waals surface area contributed by atoms with Gasteiger partial charge in [0.1, 0.15) is 11.9 Å². The van der Waals surface area contributed by atoms with Crippen LogP contribution >= 0.6 is 11.6 Å². The topological polar surface area (TPSA) is 47.9 Å². The van der Waals surface area contributed by atoms with E-state index in [1.54, 1.807) is 0 Å². The summed E-state index contributed by atoms with van der Waals surface area (Å²) in [5.41, 5.74) is 5.21. The number of allylic oxidation sites excluding steroid dienone is 2. The Bertz CT molecular complexity index is 1360. The predicted molar refractivity (Wildman–Crippen MR) is 127 cm³/mol. The summed E-state index contributed by atoms with van der Waals surface area (Å²) in [4.78, 5) is 13.4. The van der Waals surface area contributed by atoms with E-state index in [2.05, 4.69) is 58.5 Å². The third-order valence-corrected chi connectivity index (χ3v) is 6.01. The molecule has 0 fully saturated rings. The number of hydrogen-bond donors (Lipinski definition) is 0. The van der Waals surface area contributed by atoms with E-state index in [4.69, 9.17) is 21.3 Å². The Kier molecular flexibility index (Phi) is 4.58. The monoisotopic (exact) mass is 435 g/mol. The minimum Gasteiger partial charge on any atom is -0.485 e. The van der Waals surface area contributed by atoms with Crippen molar-refractivity contribution in [2.75, 3.05) is 0 Å². The van der Waals surface area contributed by atoms with Gasteiger partial charge in [0.2, 0.25) is 5.28 Å². The van der Waals surface area contributed by atoms with Crippen LogP contribution in [0.2, 0.25) is 5.28 Å². The number of hydrogen-bond acceptors (Lipinski definition) is 4. The number of halogens is 1. The van der Waals surface area contributed by atoms with Crippen LogP contribution in [0.25, 0.3) is 33.9 Å². The van der Waals surface area contributed by atoms with Gasteiger partial charge in [0, 0.05) is 22.6 Å². The number of aromatic nitrogens is 3. The van der Waals surface area contributed by atoms with Crippen molar-refractivity contribution in [3.05, 3.63) is 108 Å². The summed E-state index contributed by atoms with van der Waals surface area (Å²) in [6.45, 7) is 0. The molecule has 2 aliphatic rings. The van der Waals surface area contributed by atoms with Crippen molar-refractivity contribution in [1.82, 2.24) is 15.0 Å². The highest BCUT2D eigenvalue weighted by Crippen LogP contribution is 2.42. The fourth-order valence-electron chi connectivity index (χ4n) is 4.23. The SMILES string of the molecule is Clc1nc(-c2ccc(-c3ccccc3)cc2)nc(-c2ccc3c(c2)OC2C=CC=CC32)n1. The molecule has 0 amide bonds. The molecule has 32 heavy (non-hydrogen) atoms. The van der Waals surface area contributed by atoms with Gasteiger partial charge < -0.3 is 4.74 Å². The third kappa shape index (κ3) is 3.39. The molecular weight excluding hydrogens is 418 g/mol. The zero-order valence-electron chi connectivity index (χ0n) is 17.0. The van der Waals surface area contributed by atoms with Crippen LogP contribution in [0, 0.1) is 0 Å². The van der Waals surface area contributed by atoms with Crippen LogP contribution in [-0.4, -0.2) is 21.1 Å². The second kappa shape index (κ2) is 7.74. The molecular formula is C27H18ClN3O. The summed E-state index contributed by atoms with van der Waals surface area (Å²) in [7, 11) is 0. The lowest BCUT2D eigenvalue weighted by atomic mass is 9.91. The van der Waals surface area contributed by atoms with Crippen LogP contribution < -0.4 is 4.74 Å². The van der Waals surface area contributed by atoms with Crippen molar-refractivity contribution in [3.63, 3.8) is 0 Å². The average molecular weight is 436 g/mol. The molecule has 0 N–H and O–H groups in total. The lowest BCUT2D eigenvalue weighted by Crippen LogP contribution is -2.15. The van der Waals surface area contributed by atoms with Gasteiger partial charge in [-0.3, -0.25) is 0 Å². The van der Waals surface area contributed by atoms with Gasteiger partial charge in [-0.15, -0.1) is 0 Å². The number of nitrogens with zero attached hydrogens (tertiary/aromatic N) is 3. The van der Waals surface area contributed by atoms with E-state index in [1.807, 2.05) is 48.5 Å². The highest BCUT2D eigenvalue weighted by molar-refractivity contribution is 6.28. The summed E-state index contributed by atoms with van der Waals surface area (Å²) in [5.74, 6) is 2.18. The Morgan fingerprint density at radius 1 is 0.656 bits per heavy atom. The smallest absolute Gasteiger partial charge is 0.226 e. The van der Waals surface area contributed by atoms with Gasteiger partial charge >= 0.3 is 0 Å². The quantitative estimate of drug-likeness (QED) is 0.368. The molecule has 4 aromatic rings. The van der Waals surface area contributed by atoms with Crippen molar-refractivity contribution >= 4 is 11.6 Å². The van der Waals surface area contributed by atoms with Gasteiger partial charge in [-0.25, -0.2) is 4.98 Å². The molecule has 0 saturated heterocycles. The van der Waals surface area contributed by atoms with Crippen molar-refractivity contribution in [3.8, 4) is 39.7 Å². The Balaban J connectivity index is 1.34. The van der Waals surface area contributed by atoms with E-state index in [0.717, 1.165) is 28.0 Å². The maximum absolute atomic E-state index is 6.28. The van der Waals surface area contributed by atoms with E-state index < -0.39 is 0 Å². The number of rotatable bonds is 3. The van der Waals surface area contributed by atoms with Gasteiger partial charge in [-0.2, -0.15) is 9.97 Å². The van der Waals surface area contributed by atoms with Crippen LogP contribution in [0.3, 0.4) is 0 Å². The Morgan fingerprint density at radius 2 is 1.31 bits per heavy atom. The first-order valence-corrected chi connectivity index (χ1v) is 10.9. The van der Waals surface area contributed by atoms with Crippen LogP contribution in [-0.2, 0) is 0 Å². The first-order chi connectivity index (χ1) is 15.7. The fourth-order valence-corrected chi connectivity index (χ4v) is 4.39. The summed E-state index contributed by atoms with van der Waals surface area (Å²) >= 11 is 6.28. The first-order valence-electron chi connectivity index (χ1n) is 10.5. The fraction of sp³-hybridized carbons (Fsp3) is 0.0741. The Hall–Kier alpha value is -3.76. The van der Waals surface area contributed by atoms with Crippen LogP contribution in [0.15, 0.2) is 97.1 Å². The minimum absolute atomic E-state index is 0.0471. The molecule has 6 rings (SSSR count). The van der Waals surface area contributed by atoms with Crippen molar-refractivity contribution in [2.45, 2.75) is 12.0 Å². The predicted octanol–water partition coefficient (Wildman–Crippen LogP) is 6.50. The molecule has 1 aromatic heterocycles. The first kappa shape index (κ1) is 19.0. The maximum atomic E-state index is 6.28. The van der Waals surface area contributed by atoms with E-state index >= 15 is 0 Å². The molecule has 0 saturated carbocycles. The van der Waals surface area contributed by atoms with E-state index in [0.29, 0.717) is 11.6 Å². The zero-order valence-corrected chi connectivity index (χ0v) is 17.8. The highest BCUT2D eigenvalue weighted by atomic mass is 35.5. The molecule has 154 valence electrons. The third-order valence-electron chi connectivity index (χ3n) is 5.84. The second-order valence-electron chi connectivity index (χ2n) is 7.83. The maximum Gasteiger partial charge on any atom is 0.226 e.